The number of aromatic amines is 1. The van der Waals surface area contributed by atoms with E-state index in [1.807, 2.05) is 31.0 Å². The molecule has 162 valence electrons. The van der Waals surface area contributed by atoms with E-state index in [-0.39, 0.29) is 36.8 Å². The van der Waals surface area contributed by atoms with Gasteiger partial charge in [0, 0.05) is 30.2 Å². The van der Waals surface area contributed by atoms with Crippen LogP contribution in [-0.4, -0.2) is 56.2 Å². The van der Waals surface area contributed by atoms with E-state index in [1.165, 1.54) is 5.56 Å². The number of nitrogens with zero attached hydrogens (tertiary/aromatic N) is 3. The predicted molar refractivity (Wildman–Crippen MR) is 116 cm³/mol. The van der Waals surface area contributed by atoms with E-state index in [4.69, 9.17) is 0 Å². The van der Waals surface area contributed by atoms with Gasteiger partial charge in [-0.25, -0.2) is 4.98 Å². The van der Waals surface area contributed by atoms with E-state index in [0.29, 0.717) is 18.7 Å². The second kappa shape index (κ2) is 8.85. The standard InChI is InChI=1S/C23H27N5O3/c1-14(2)20(13-29)26-23(31)16-5-3-4-15(8-16)9-21(30)28-7-6-18-17(12-28)10-24-22-19(18)11-25-27-22/h3-5,8,10-11,14,20,29H,6-7,9,12-13H2,1-2H3,(H,26,31)(H,24,25,27)/t20-/m0/s1. The number of carbonyl (C=O) groups is 2. The van der Waals surface area contributed by atoms with Gasteiger partial charge in [0.1, 0.15) is 0 Å². The molecule has 0 radical (unpaired) electrons. The van der Waals surface area contributed by atoms with Crippen molar-refractivity contribution in [1.29, 1.82) is 0 Å². The van der Waals surface area contributed by atoms with E-state index in [0.717, 1.165) is 28.6 Å². The zero-order valence-corrected chi connectivity index (χ0v) is 17.8. The van der Waals surface area contributed by atoms with Gasteiger partial charge in [0.15, 0.2) is 5.65 Å². The van der Waals surface area contributed by atoms with Crippen LogP contribution in [0.15, 0.2) is 36.7 Å². The number of fused-ring (bicyclic) bond motifs is 3. The molecule has 2 amide bonds. The van der Waals surface area contributed by atoms with Gasteiger partial charge >= 0.3 is 0 Å². The lowest BCUT2D eigenvalue weighted by Gasteiger charge is -2.29. The van der Waals surface area contributed by atoms with Gasteiger partial charge in [-0.1, -0.05) is 26.0 Å². The molecule has 0 spiro atoms. The van der Waals surface area contributed by atoms with Crippen LogP contribution >= 0.6 is 0 Å². The van der Waals surface area contributed by atoms with Crippen LogP contribution in [0.5, 0.6) is 0 Å². The third kappa shape index (κ3) is 4.44. The summed E-state index contributed by atoms with van der Waals surface area (Å²) >= 11 is 0. The van der Waals surface area contributed by atoms with Crippen LogP contribution in [0.4, 0.5) is 0 Å². The Morgan fingerprint density at radius 3 is 2.90 bits per heavy atom. The van der Waals surface area contributed by atoms with E-state index < -0.39 is 0 Å². The summed E-state index contributed by atoms with van der Waals surface area (Å²) in [6.07, 6.45) is 4.59. The molecular formula is C23H27N5O3. The van der Waals surface area contributed by atoms with Crippen LogP contribution < -0.4 is 5.32 Å². The quantitative estimate of drug-likeness (QED) is 0.562. The number of benzene rings is 1. The maximum Gasteiger partial charge on any atom is 0.251 e. The lowest BCUT2D eigenvalue weighted by molar-refractivity contribution is -0.131. The number of amides is 2. The van der Waals surface area contributed by atoms with Gasteiger partial charge in [-0.3, -0.25) is 14.7 Å². The lowest BCUT2D eigenvalue weighted by Crippen LogP contribution is -2.41. The molecule has 8 nitrogen and oxygen atoms in total. The summed E-state index contributed by atoms with van der Waals surface area (Å²) in [6, 6.07) is 6.80. The highest BCUT2D eigenvalue weighted by Gasteiger charge is 2.23. The molecular weight excluding hydrogens is 394 g/mol. The minimum atomic E-state index is -0.304. The molecule has 0 aliphatic carbocycles. The Hall–Kier alpha value is -3.26. The van der Waals surface area contributed by atoms with Crippen molar-refractivity contribution in [2.75, 3.05) is 13.2 Å². The highest BCUT2D eigenvalue weighted by atomic mass is 16.3. The summed E-state index contributed by atoms with van der Waals surface area (Å²) in [7, 11) is 0. The number of aromatic nitrogens is 3. The fraction of sp³-hybridized carbons (Fsp3) is 0.391. The summed E-state index contributed by atoms with van der Waals surface area (Å²) in [5.41, 5.74) is 4.29. The molecule has 1 aliphatic heterocycles. The average molecular weight is 422 g/mol. The van der Waals surface area contributed by atoms with E-state index in [2.05, 4.69) is 20.5 Å². The fourth-order valence-corrected chi connectivity index (χ4v) is 3.95. The first-order chi connectivity index (χ1) is 15.0. The Kier molecular flexibility index (Phi) is 5.99. The Morgan fingerprint density at radius 1 is 1.29 bits per heavy atom. The zero-order valence-electron chi connectivity index (χ0n) is 17.8. The van der Waals surface area contributed by atoms with Crippen molar-refractivity contribution in [2.24, 2.45) is 5.92 Å². The van der Waals surface area contributed by atoms with Gasteiger partial charge in [0.2, 0.25) is 5.91 Å². The van der Waals surface area contributed by atoms with Crippen molar-refractivity contribution < 1.29 is 14.7 Å². The molecule has 31 heavy (non-hydrogen) atoms. The van der Waals surface area contributed by atoms with Gasteiger partial charge in [0.25, 0.3) is 5.91 Å². The average Bonchev–Trinajstić information content (AvgIpc) is 3.26. The summed E-state index contributed by atoms with van der Waals surface area (Å²) in [4.78, 5) is 31.7. The molecule has 3 heterocycles. The smallest absolute Gasteiger partial charge is 0.251 e. The van der Waals surface area contributed by atoms with Crippen LogP contribution in [0.1, 0.15) is 40.9 Å². The number of hydrogen-bond acceptors (Lipinski definition) is 5. The Balaban J connectivity index is 1.43. The van der Waals surface area contributed by atoms with Crippen LogP contribution in [0.3, 0.4) is 0 Å². The molecule has 0 bridgehead atoms. The molecule has 1 aromatic carbocycles. The van der Waals surface area contributed by atoms with Crippen molar-refractivity contribution in [2.45, 2.75) is 39.3 Å². The van der Waals surface area contributed by atoms with Crippen molar-refractivity contribution in [3.8, 4) is 0 Å². The second-order valence-corrected chi connectivity index (χ2v) is 8.34. The highest BCUT2D eigenvalue weighted by Crippen LogP contribution is 2.25. The van der Waals surface area contributed by atoms with Crippen molar-refractivity contribution in [3.05, 3.63) is 58.9 Å². The number of aliphatic hydroxyl groups is 1. The lowest BCUT2D eigenvalue weighted by atomic mass is 9.98. The largest absolute Gasteiger partial charge is 0.394 e. The molecule has 8 heteroatoms. The van der Waals surface area contributed by atoms with Crippen molar-refractivity contribution in [1.82, 2.24) is 25.4 Å². The number of pyridine rings is 1. The number of aliphatic hydroxyl groups excluding tert-OH is 1. The third-order valence-corrected chi connectivity index (χ3v) is 5.89. The van der Waals surface area contributed by atoms with E-state index in [1.54, 1.807) is 24.4 Å². The van der Waals surface area contributed by atoms with Gasteiger partial charge < -0.3 is 15.3 Å². The molecule has 0 saturated carbocycles. The minimum Gasteiger partial charge on any atom is -0.394 e. The topological polar surface area (TPSA) is 111 Å². The first-order valence-corrected chi connectivity index (χ1v) is 10.5. The van der Waals surface area contributed by atoms with Crippen LogP contribution in [0.2, 0.25) is 0 Å². The minimum absolute atomic E-state index is 0.0194. The van der Waals surface area contributed by atoms with Crippen LogP contribution in [0, 0.1) is 5.92 Å². The molecule has 3 N–H and O–H groups in total. The monoisotopic (exact) mass is 421 g/mol. The maximum atomic E-state index is 12.9. The number of nitrogens with one attached hydrogen (secondary N) is 2. The number of hydrogen-bond donors (Lipinski definition) is 3. The molecule has 3 aromatic rings. The molecule has 0 fully saturated rings. The summed E-state index contributed by atoms with van der Waals surface area (Å²) in [6.45, 7) is 4.94. The predicted octanol–water partition coefficient (Wildman–Crippen LogP) is 1.83. The van der Waals surface area contributed by atoms with Crippen LogP contribution in [0.25, 0.3) is 11.0 Å². The summed E-state index contributed by atoms with van der Waals surface area (Å²) < 4.78 is 0. The third-order valence-electron chi connectivity index (χ3n) is 5.89. The summed E-state index contributed by atoms with van der Waals surface area (Å²) in [5, 5.41) is 20.3. The Bertz CT molecular complexity index is 1110. The van der Waals surface area contributed by atoms with Gasteiger partial charge in [-0.15, -0.1) is 0 Å². The Labute approximate surface area is 180 Å². The summed E-state index contributed by atoms with van der Waals surface area (Å²) in [5.74, 6) is -0.103. The van der Waals surface area contributed by atoms with Crippen molar-refractivity contribution in [3.63, 3.8) is 0 Å². The maximum absolute atomic E-state index is 12.9. The molecule has 1 aliphatic rings. The van der Waals surface area contributed by atoms with Gasteiger partial charge in [-0.2, -0.15) is 5.10 Å². The first kappa shape index (κ1) is 21.0. The van der Waals surface area contributed by atoms with Gasteiger partial charge in [-0.05, 0) is 41.2 Å². The molecule has 1 atom stereocenters. The first-order valence-electron chi connectivity index (χ1n) is 10.5. The highest BCUT2D eigenvalue weighted by molar-refractivity contribution is 5.95. The fourth-order valence-electron chi connectivity index (χ4n) is 3.95. The molecule has 0 unspecified atom stereocenters. The van der Waals surface area contributed by atoms with Crippen molar-refractivity contribution >= 4 is 22.8 Å². The van der Waals surface area contributed by atoms with Crippen LogP contribution in [-0.2, 0) is 24.2 Å². The Morgan fingerprint density at radius 2 is 2.13 bits per heavy atom. The second-order valence-electron chi connectivity index (χ2n) is 8.34. The number of rotatable bonds is 6. The zero-order chi connectivity index (χ0) is 22.0. The van der Waals surface area contributed by atoms with E-state index in [9.17, 15) is 14.7 Å². The molecule has 0 saturated heterocycles. The number of carbonyl (C=O) groups excluding carboxylic acids is 2. The normalized spacial score (nSPS) is 14.5. The molecule has 2 aromatic heterocycles. The molecule has 4 rings (SSSR count). The van der Waals surface area contributed by atoms with Gasteiger partial charge in [0.05, 0.1) is 25.3 Å². The van der Waals surface area contributed by atoms with E-state index >= 15 is 0 Å². The SMILES string of the molecule is CC(C)[C@H](CO)NC(=O)c1cccc(CC(=O)N2CCc3c(cnc4[nH]ncc34)C2)c1. The number of H-pyrrole nitrogens is 1.